The van der Waals surface area contributed by atoms with Gasteiger partial charge in [0.25, 0.3) is 0 Å². The second-order valence-corrected chi connectivity index (χ2v) is 1.65. The summed E-state index contributed by atoms with van der Waals surface area (Å²) in [5.41, 5.74) is 1.32. The van der Waals surface area contributed by atoms with Gasteiger partial charge in [-0.2, -0.15) is 0 Å². The summed E-state index contributed by atoms with van der Waals surface area (Å²) in [6.07, 6.45) is 0. The Morgan fingerprint density at radius 2 is 1.50 bits per heavy atom. The normalized spacial score (nSPS) is 7.62. The second-order valence-electron chi connectivity index (χ2n) is 1.65. The minimum absolute atomic E-state index is 0. The van der Waals surface area contributed by atoms with Crippen LogP contribution in [0.5, 0.6) is 0 Å². The van der Waals surface area contributed by atoms with E-state index in [4.69, 9.17) is 0 Å². The molecule has 0 saturated carbocycles. The van der Waals surface area contributed by atoms with Crippen LogP contribution in [-0.2, 0) is 0 Å². The average Bonchev–Trinajstić information content (AvgIpc) is 1.69. The molecule has 0 aromatic heterocycles. The van der Waals surface area contributed by atoms with Crippen LogP contribution in [0.4, 0.5) is 0 Å². The van der Waals surface area contributed by atoms with Crippen molar-refractivity contribution >= 4 is 51.4 Å². The number of benzene rings is 1. The maximum absolute atomic E-state index is 2.08. The summed E-state index contributed by atoms with van der Waals surface area (Å²) in [7, 11) is 0. The van der Waals surface area contributed by atoms with E-state index in [0.717, 1.165) is 0 Å². The number of hydrogen-bond donors (Lipinski definition) is 0. The molecule has 0 spiro atoms. The Kier molecular flexibility index (Phi) is 5.21. The molecule has 0 bridgehead atoms. The van der Waals surface area contributed by atoms with E-state index in [1.54, 1.807) is 0 Å². The van der Waals surface area contributed by atoms with Crippen molar-refractivity contribution in [3.05, 3.63) is 35.9 Å². The number of hydrogen-bond acceptors (Lipinski definition) is 0. The Morgan fingerprint density at radius 1 is 1.00 bits per heavy atom. The SMILES string of the molecule is Cc1ccccc1.[KH]. The van der Waals surface area contributed by atoms with E-state index < -0.39 is 0 Å². The molecule has 0 aliphatic heterocycles. The third-order valence-electron chi connectivity index (χ3n) is 0.940. The van der Waals surface area contributed by atoms with Gasteiger partial charge in [0, 0.05) is 0 Å². The third-order valence-corrected chi connectivity index (χ3v) is 0.940. The Labute approximate surface area is 92.7 Å². The van der Waals surface area contributed by atoms with Gasteiger partial charge in [-0.1, -0.05) is 35.9 Å². The third kappa shape index (κ3) is 3.00. The van der Waals surface area contributed by atoms with E-state index in [-0.39, 0.29) is 51.4 Å². The molecule has 1 heteroatoms. The molecule has 0 heterocycles. The topological polar surface area (TPSA) is 0 Å². The summed E-state index contributed by atoms with van der Waals surface area (Å²) in [6.45, 7) is 2.08. The summed E-state index contributed by atoms with van der Waals surface area (Å²) in [4.78, 5) is 0. The van der Waals surface area contributed by atoms with Crippen molar-refractivity contribution in [2.45, 2.75) is 6.92 Å². The van der Waals surface area contributed by atoms with Crippen molar-refractivity contribution < 1.29 is 0 Å². The molecular formula is C7H9K. The monoisotopic (exact) mass is 132 g/mol. The van der Waals surface area contributed by atoms with Gasteiger partial charge < -0.3 is 0 Å². The molecule has 1 rings (SSSR count). The van der Waals surface area contributed by atoms with E-state index in [1.165, 1.54) is 5.56 Å². The second kappa shape index (κ2) is 4.71. The molecule has 0 amide bonds. The van der Waals surface area contributed by atoms with E-state index in [9.17, 15) is 0 Å². The number of rotatable bonds is 0. The van der Waals surface area contributed by atoms with E-state index in [1.807, 2.05) is 18.2 Å². The van der Waals surface area contributed by atoms with Gasteiger partial charge in [-0.15, -0.1) is 0 Å². The van der Waals surface area contributed by atoms with Crippen LogP contribution in [-0.4, -0.2) is 51.4 Å². The molecule has 0 aliphatic rings. The van der Waals surface area contributed by atoms with Gasteiger partial charge in [-0.3, -0.25) is 0 Å². The van der Waals surface area contributed by atoms with Crippen molar-refractivity contribution in [1.29, 1.82) is 0 Å². The van der Waals surface area contributed by atoms with E-state index in [2.05, 4.69) is 19.1 Å². The average molecular weight is 132 g/mol. The standard InChI is InChI=1S/C7H8.K.H/c1-7-5-3-2-4-6-7;;/h2-6H,1H3;;. The molecule has 8 heavy (non-hydrogen) atoms. The van der Waals surface area contributed by atoms with Gasteiger partial charge in [0.1, 0.15) is 0 Å². The van der Waals surface area contributed by atoms with E-state index in [0.29, 0.717) is 0 Å². The predicted octanol–water partition coefficient (Wildman–Crippen LogP) is 1.35. The molecule has 0 nitrogen and oxygen atoms in total. The van der Waals surface area contributed by atoms with Crippen LogP contribution in [0.1, 0.15) is 5.56 Å². The molecule has 0 aliphatic carbocycles. The van der Waals surface area contributed by atoms with Crippen LogP contribution in [0.15, 0.2) is 30.3 Å². The Bertz CT molecular complexity index is 134. The zero-order valence-corrected chi connectivity index (χ0v) is 4.39. The first-order valence-electron chi connectivity index (χ1n) is 2.41. The van der Waals surface area contributed by atoms with Gasteiger partial charge in [0.2, 0.25) is 0 Å². The summed E-state index contributed by atoms with van der Waals surface area (Å²) >= 11 is 0. The van der Waals surface area contributed by atoms with E-state index >= 15 is 0 Å². The molecule has 1 aromatic carbocycles. The molecule has 1 aromatic rings. The first-order chi connectivity index (χ1) is 3.39. The summed E-state index contributed by atoms with van der Waals surface area (Å²) < 4.78 is 0. The molecule has 0 fully saturated rings. The van der Waals surface area contributed by atoms with Crippen molar-refractivity contribution in [3.63, 3.8) is 0 Å². The minimum atomic E-state index is 0. The quantitative estimate of drug-likeness (QED) is 0.467. The van der Waals surface area contributed by atoms with Gasteiger partial charge in [-0.05, 0) is 6.92 Å². The molecule has 0 radical (unpaired) electrons. The van der Waals surface area contributed by atoms with Gasteiger partial charge in [-0.25, -0.2) is 0 Å². The Hall–Kier alpha value is 0.856. The summed E-state index contributed by atoms with van der Waals surface area (Å²) in [5, 5.41) is 0. The van der Waals surface area contributed by atoms with Crippen molar-refractivity contribution in [3.8, 4) is 0 Å². The Balaban J connectivity index is 0.000000490. The van der Waals surface area contributed by atoms with Gasteiger partial charge in [0.05, 0.1) is 0 Å². The van der Waals surface area contributed by atoms with Crippen LogP contribution in [0.25, 0.3) is 0 Å². The van der Waals surface area contributed by atoms with Crippen LogP contribution in [0.3, 0.4) is 0 Å². The van der Waals surface area contributed by atoms with Crippen LogP contribution in [0.2, 0.25) is 0 Å². The number of aryl methyl sites for hydroxylation is 1. The van der Waals surface area contributed by atoms with Gasteiger partial charge in [0.15, 0.2) is 0 Å². The molecule has 0 N–H and O–H groups in total. The Morgan fingerprint density at radius 3 is 1.75 bits per heavy atom. The fourth-order valence-electron chi connectivity index (χ4n) is 0.534. The first kappa shape index (κ1) is 8.86. The van der Waals surface area contributed by atoms with Gasteiger partial charge >= 0.3 is 51.4 Å². The summed E-state index contributed by atoms with van der Waals surface area (Å²) in [6, 6.07) is 10.3. The maximum atomic E-state index is 2.08. The van der Waals surface area contributed by atoms with Crippen LogP contribution >= 0.6 is 0 Å². The molecule has 0 unspecified atom stereocenters. The predicted molar refractivity (Wildman–Crippen MR) is 38.3 cm³/mol. The molecule has 0 atom stereocenters. The van der Waals surface area contributed by atoms with Crippen molar-refractivity contribution in [1.82, 2.24) is 0 Å². The van der Waals surface area contributed by atoms with Crippen molar-refractivity contribution in [2.24, 2.45) is 0 Å². The first-order valence-corrected chi connectivity index (χ1v) is 2.41. The molecule has 38 valence electrons. The molecular weight excluding hydrogens is 123 g/mol. The van der Waals surface area contributed by atoms with Crippen molar-refractivity contribution in [2.75, 3.05) is 0 Å². The summed E-state index contributed by atoms with van der Waals surface area (Å²) in [5.74, 6) is 0. The van der Waals surface area contributed by atoms with Crippen LogP contribution in [0, 0.1) is 6.92 Å². The fraction of sp³-hybridized carbons (Fsp3) is 0.143. The fourth-order valence-corrected chi connectivity index (χ4v) is 0.534. The zero-order chi connectivity index (χ0) is 5.11. The zero-order valence-electron chi connectivity index (χ0n) is 4.39. The molecule has 0 saturated heterocycles. The van der Waals surface area contributed by atoms with Crippen LogP contribution < -0.4 is 0 Å².